The van der Waals surface area contributed by atoms with Gasteiger partial charge in [0.2, 0.25) is 5.91 Å². The average molecular weight is 434 g/mol. The fraction of sp³-hybridized carbons (Fsp3) is 0.296. The van der Waals surface area contributed by atoms with Crippen molar-refractivity contribution in [2.24, 2.45) is 0 Å². The molecule has 0 fully saturated rings. The number of likely N-dealkylation sites (N-methyl/N-ethyl adjacent to an activating group) is 2. The SMILES string of the molecule is CNC(CCCC[P+](c1ccccc1)(c1ccccc1)c1ccccc1)C(=O)N(C)C. The summed E-state index contributed by atoms with van der Waals surface area (Å²) in [5.74, 6) is 0.151. The van der Waals surface area contributed by atoms with Crippen LogP contribution in [0.4, 0.5) is 0 Å². The van der Waals surface area contributed by atoms with Gasteiger partial charge >= 0.3 is 0 Å². The standard InChI is InChI=1S/C27H34N2OP/c1-28-26(27(30)29(2)3)21-13-14-22-31(23-15-7-4-8-16-23,24-17-9-5-10-18-24)25-19-11-6-12-20-25/h4-12,15-20,26,28H,13-14,21-22H2,1-3H3/q+1. The minimum Gasteiger partial charge on any atom is -0.347 e. The Morgan fingerprint density at radius 2 is 1.19 bits per heavy atom. The van der Waals surface area contributed by atoms with E-state index in [1.807, 2.05) is 21.1 Å². The van der Waals surface area contributed by atoms with Crippen molar-refractivity contribution in [1.29, 1.82) is 0 Å². The summed E-state index contributed by atoms with van der Waals surface area (Å²) < 4.78 is 0. The Bertz CT molecular complexity index is 833. The Morgan fingerprint density at radius 1 is 0.774 bits per heavy atom. The number of nitrogens with zero attached hydrogens (tertiary/aromatic N) is 1. The van der Waals surface area contributed by atoms with E-state index >= 15 is 0 Å². The van der Waals surface area contributed by atoms with Crippen LogP contribution in [0.1, 0.15) is 19.3 Å². The molecular formula is C27H34N2OP+. The predicted octanol–water partition coefficient (Wildman–Crippen LogP) is 3.83. The molecule has 3 aromatic rings. The normalized spacial score (nSPS) is 12.4. The summed E-state index contributed by atoms with van der Waals surface area (Å²) >= 11 is 0. The highest BCUT2D eigenvalue weighted by Gasteiger charge is 2.44. The van der Waals surface area contributed by atoms with Gasteiger partial charge in [-0.1, -0.05) is 54.6 Å². The van der Waals surface area contributed by atoms with E-state index in [0.717, 1.165) is 25.4 Å². The first-order valence-corrected chi connectivity index (χ1v) is 13.0. The van der Waals surface area contributed by atoms with Crippen molar-refractivity contribution in [3.8, 4) is 0 Å². The van der Waals surface area contributed by atoms with Gasteiger partial charge in [-0.2, -0.15) is 0 Å². The van der Waals surface area contributed by atoms with Crippen LogP contribution < -0.4 is 21.2 Å². The third kappa shape index (κ3) is 5.42. The second-order valence-corrected chi connectivity index (χ2v) is 11.7. The third-order valence-corrected chi connectivity index (χ3v) is 10.4. The lowest BCUT2D eigenvalue weighted by atomic mass is 10.1. The van der Waals surface area contributed by atoms with Crippen molar-refractivity contribution in [2.45, 2.75) is 25.3 Å². The minimum absolute atomic E-state index is 0.118. The summed E-state index contributed by atoms with van der Waals surface area (Å²) in [5, 5.41) is 7.45. The lowest BCUT2D eigenvalue weighted by Crippen LogP contribution is -2.41. The number of nitrogens with one attached hydrogen (secondary N) is 1. The largest absolute Gasteiger partial charge is 0.347 e. The second kappa shape index (κ2) is 11.2. The van der Waals surface area contributed by atoms with Crippen molar-refractivity contribution in [3.05, 3.63) is 91.0 Å². The molecule has 162 valence electrons. The van der Waals surface area contributed by atoms with Gasteiger partial charge in [-0.15, -0.1) is 0 Å². The molecule has 0 radical (unpaired) electrons. The van der Waals surface area contributed by atoms with Crippen molar-refractivity contribution in [2.75, 3.05) is 27.3 Å². The summed E-state index contributed by atoms with van der Waals surface area (Å²) in [5.41, 5.74) is 0. The molecule has 31 heavy (non-hydrogen) atoms. The van der Waals surface area contributed by atoms with Gasteiger partial charge in [-0.3, -0.25) is 4.79 Å². The van der Waals surface area contributed by atoms with Crippen molar-refractivity contribution >= 4 is 29.1 Å². The van der Waals surface area contributed by atoms with Gasteiger partial charge in [0.25, 0.3) is 0 Å². The van der Waals surface area contributed by atoms with Crippen LogP contribution in [0.2, 0.25) is 0 Å². The molecule has 3 nitrogen and oxygen atoms in total. The molecule has 0 saturated heterocycles. The van der Waals surface area contributed by atoms with Gasteiger partial charge in [-0.05, 0) is 62.7 Å². The molecule has 1 atom stereocenters. The molecule has 0 aliphatic heterocycles. The topological polar surface area (TPSA) is 32.3 Å². The molecule has 0 aliphatic rings. The van der Waals surface area contributed by atoms with Gasteiger partial charge in [0, 0.05) is 14.1 Å². The van der Waals surface area contributed by atoms with E-state index < -0.39 is 7.26 Å². The fourth-order valence-corrected chi connectivity index (χ4v) is 8.69. The number of amides is 1. The molecule has 3 rings (SSSR count). The van der Waals surface area contributed by atoms with Crippen molar-refractivity contribution < 1.29 is 4.79 Å². The van der Waals surface area contributed by atoms with E-state index in [2.05, 4.69) is 96.3 Å². The van der Waals surface area contributed by atoms with E-state index in [4.69, 9.17) is 0 Å². The van der Waals surface area contributed by atoms with Crippen LogP contribution in [0.3, 0.4) is 0 Å². The number of carbonyl (C=O) groups is 1. The summed E-state index contributed by atoms with van der Waals surface area (Å²) in [4.78, 5) is 14.1. The van der Waals surface area contributed by atoms with E-state index in [0.29, 0.717) is 0 Å². The number of hydrogen-bond donors (Lipinski definition) is 1. The van der Waals surface area contributed by atoms with Gasteiger partial charge < -0.3 is 10.2 Å². The Balaban J connectivity index is 1.92. The third-order valence-electron chi connectivity index (χ3n) is 5.91. The first kappa shape index (κ1) is 23.2. The zero-order chi connectivity index (χ0) is 22.1. The number of benzene rings is 3. The quantitative estimate of drug-likeness (QED) is 0.389. The molecule has 0 aliphatic carbocycles. The van der Waals surface area contributed by atoms with Crippen LogP contribution in [0.15, 0.2) is 91.0 Å². The van der Waals surface area contributed by atoms with Crippen LogP contribution in [0.25, 0.3) is 0 Å². The maximum Gasteiger partial charge on any atom is 0.239 e. The maximum absolute atomic E-state index is 12.4. The van der Waals surface area contributed by atoms with Gasteiger partial charge in [0.05, 0.1) is 12.2 Å². The van der Waals surface area contributed by atoms with Crippen LogP contribution >= 0.6 is 7.26 Å². The average Bonchev–Trinajstić information content (AvgIpc) is 2.83. The minimum atomic E-state index is -1.78. The summed E-state index contributed by atoms with van der Waals surface area (Å²) in [7, 11) is 3.74. The molecule has 1 unspecified atom stereocenters. The summed E-state index contributed by atoms with van der Waals surface area (Å²) in [6.07, 6.45) is 4.04. The second-order valence-electron chi connectivity index (χ2n) is 8.11. The molecule has 0 heterocycles. The molecule has 4 heteroatoms. The number of rotatable bonds is 10. The van der Waals surface area contributed by atoms with Gasteiger partial charge in [-0.25, -0.2) is 0 Å². The monoisotopic (exact) mass is 433 g/mol. The lowest BCUT2D eigenvalue weighted by molar-refractivity contribution is -0.130. The first-order chi connectivity index (χ1) is 15.1. The highest BCUT2D eigenvalue weighted by Crippen LogP contribution is 2.55. The van der Waals surface area contributed by atoms with Crippen molar-refractivity contribution in [3.63, 3.8) is 0 Å². The van der Waals surface area contributed by atoms with E-state index in [-0.39, 0.29) is 11.9 Å². The predicted molar refractivity (Wildman–Crippen MR) is 135 cm³/mol. The van der Waals surface area contributed by atoms with E-state index in [9.17, 15) is 4.79 Å². The van der Waals surface area contributed by atoms with Crippen molar-refractivity contribution in [1.82, 2.24) is 10.2 Å². The summed E-state index contributed by atoms with van der Waals surface area (Å²) in [6.45, 7) is 0. The Morgan fingerprint density at radius 3 is 1.55 bits per heavy atom. The smallest absolute Gasteiger partial charge is 0.239 e. The highest BCUT2D eigenvalue weighted by atomic mass is 31.2. The fourth-order valence-electron chi connectivity index (χ4n) is 4.28. The lowest BCUT2D eigenvalue weighted by Gasteiger charge is -2.28. The number of carbonyl (C=O) groups excluding carboxylic acids is 1. The molecule has 1 amide bonds. The van der Waals surface area contributed by atoms with E-state index in [1.165, 1.54) is 15.9 Å². The van der Waals surface area contributed by atoms with Gasteiger partial charge in [0.15, 0.2) is 0 Å². The maximum atomic E-state index is 12.4. The number of hydrogen-bond acceptors (Lipinski definition) is 2. The van der Waals surface area contributed by atoms with Crippen LogP contribution in [-0.2, 0) is 4.79 Å². The zero-order valence-electron chi connectivity index (χ0n) is 18.9. The summed E-state index contributed by atoms with van der Waals surface area (Å²) in [6, 6.07) is 32.9. The Labute approximate surface area is 187 Å². The molecular weight excluding hydrogens is 399 g/mol. The molecule has 0 aromatic heterocycles. The van der Waals surface area contributed by atoms with E-state index in [1.54, 1.807) is 4.90 Å². The van der Waals surface area contributed by atoms with Crippen LogP contribution in [-0.4, -0.2) is 44.2 Å². The highest BCUT2D eigenvalue weighted by molar-refractivity contribution is 7.95. The molecule has 3 aromatic carbocycles. The molecule has 1 N–H and O–H groups in total. The molecule has 0 bridgehead atoms. The first-order valence-electron chi connectivity index (χ1n) is 11.0. The Kier molecular flexibility index (Phi) is 8.40. The molecule has 0 spiro atoms. The number of unbranched alkanes of at least 4 members (excludes halogenated alkanes) is 1. The molecule has 0 saturated carbocycles. The van der Waals surface area contributed by atoms with Crippen LogP contribution in [0.5, 0.6) is 0 Å². The zero-order valence-corrected chi connectivity index (χ0v) is 19.8. The van der Waals surface area contributed by atoms with Gasteiger partial charge in [0.1, 0.15) is 23.2 Å². The van der Waals surface area contributed by atoms with Crippen LogP contribution in [0, 0.1) is 0 Å². The Hall–Kier alpha value is -2.48.